The van der Waals surface area contributed by atoms with Crippen LogP contribution in [0.3, 0.4) is 0 Å². The third kappa shape index (κ3) is 4.59. The van der Waals surface area contributed by atoms with Crippen LogP contribution in [0.4, 0.5) is 11.6 Å². The highest BCUT2D eigenvalue weighted by Gasteiger charge is 2.19. The maximum absolute atomic E-state index is 12.5. The van der Waals surface area contributed by atoms with E-state index in [9.17, 15) is 4.79 Å². The number of rotatable bonds is 4. The van der Waals surface area contributed by atoms with Crippen LogP contribution in [0.5, 0.6) is 0 Å². The lowest BCUT2D eigenvalue weighted by Gasteiger charge is -2.19. The van der Waals surface area contributed by atoms with E-state index < -0.39 is 0 Å². The summed E-state index contributed by atoms with van der Waals surface area (Å²) in [5.74, 6) is 0.332. The number of anilines is 2. The van der Waals surface area contributed by atoms with Crippen LogP contribution in [-0.4, -0.2) is 21.9 Å². The quantitative estimate of drug-likeness (QED) is 0.850. The number of nitrogens with one attached hydrogen (secondary N) is 2. The van der Waals surface area contributed by atoms with Crippen LogP contribution >= 0.6 is 0 Å². The van der Waals surface area contributed by atoms with Gasteiger partial charge in [0.15, 0.2) is 0 Å². The molecule has 1 aliphatic carbocycles. The second kappa shape index (κ2) is 7.44. The molecule has 5 nitrogen and oxygen atoms in total. The monoisotopic (exact) mass is 352 g/mol. The molecule has 1 saturated carbocycles. The summed E-state index contributed by atoms with van der Waals surface area (Å²) >= 11 is 0. The molecule has 0 radical (unpaired) electrons. The third-order valence-corrected chi connectivity index (χ3v) is 4.78. The number of amides is 1. The van der Waals surface area contributed by atoms with Crippen LogP contribution in [0.25, 0.3) is 0 Å². The van der Waals surface area contributed by atoms with Crippen molar-refractivity contribution in [2.75, 3.05) is 5.32 Å². The number of hydrogen-bond acceptors (Lipinski definition) is 4. The minimum Gasteiger partial charge on any atom is -0.348 e. The number of aryl methyl sites for hydroxylation is 1. The van der Waals surface area contributed by atoms with E-state index in [1.807, 2.05) is 19.1 Å². The summed E-state index contributed by atoms with van der Waals surface area (Å²) in [7, 11) is 0. The molecular weight excluding hydrogens is 324 g/mol. The van der Waals surface area contributed by atoms with Gasteiger partial charge in [-0.25, -0.2) is 9.97 Å². The van der Waals surface area contributed by atoms with Gasteiger partial charge in [0, 0.05) is 17.4 Å². The van der Waals surface area contributed by atoms with Gasteiger partial charge in [-0.1, -0.05) is 45.7 Å². The molecule has 0 unspecified atom stereocenters. The molecule has 1 amide bonds. The number of benzene rings is 1. The summed E-state index contributed by atoms with van der Waals surface area (Å²) in [5.41, 5.74) is 3.48. The van der Waals surface area contributed by atoms with Crippen molar-refractivity contribution in [3.8, 4) is 0 Å². The first-order valence-corrected chi connectivity index (χ1v) is 9.35. The Morgan fingerprint density at radius 1 is 1.08 bits per heavy atom. The Labute approximate surface area is 155 Å². The van der Waals surface area contributed by atoms with E-state index in [1.54, 1.807) is 6.07 Å². The molecule has 2 aromatic rings. The fraction of sp³-hybridized carbons (Fsp3) is 0.476. The summed E-state index contributed by atoms with van der Waals surface area (Å²) in [6.45, 7) is 8.44. The van der Waals surface area contributed by atoms with Gasteiger partial charge in [0.05, 0.1) is 0 Å². The molecule has 138 valence electrons. The van der Waals surface area contributed by atoms with Gasteiger partial charge in [-0.15, -0.1) is 0 Å². The Bertz CT molecular complexity index is 772. The van der Waals surface area contributed by atoms with Crippen LogP contribution in [0.1, 0.15) is 68.2 Å². The number of carbonyl (C=O) groups excluding carboxylic acids is 1. The molecule has 1 aromatic carbocycles. The van der Waals surface area contributed by atoms with E-state index in [4.69, 9.17) is 0 Å². The average molecular weight is 352 g/mol. The van der Waals surface area contributed by atoms with Crippen molar-refractivity contribution >= 4 is 17.5 Å². The Morgan fingerprint density at radius 2 is 1.73 bits per heavy atom. The lowest BCUT2D eigenvalue weighted by molar-refractivity contribution is 0.0932. The summed E-state index contributed by atoms with van der Waals surface area (Å²) in [6.07, 6.45) is 4.48. The van der Waals surface area contributed by atoms with Gasteiger partial charge < -0.3 is 10.6 Å². The summed E-state index contributed by atoms with van der Waals surface area (Å²) in [6, 6.07) is 10.3. The number of carbonyl (C=O) groups is 1. The van der Waals surface area contributed by atoms with Crippen LogP contribution in [0.15, 0.2) is 30.3 Å². The van der Waals surface area contributed by atoms with Crippen LogP contribution in [0.2, 0.25) is 0 Å². The zero-order chi connectivity index (χ0) is 18.7. The van der Waals surface area contributed by atoms with Crippen molar-refractivity contribution < 1.29 is 4.79 Å². The fourth-order valence-corrected chi connectivity index (χ4v) is 3.25. The Morgan fingerprint density at radius 3 is 2.35 bits per heavy atom. The molecule has 1 fully saturated rings. The second-order valence-electron chi connectivity index (χ2n) is 8.13. The molecular formula is C21H28N4O. The molecule has 1 aliphatic rings. The van der Waals surface area contributed by atoms with Crippen LogP contribution < -0.4 is 10.6 Å². The van der Waals surface area contributed by atoms with E-state index in [0.29, 0.717) is 11.6 Å². The van der Waals surface area contributed by atoms with E-state index in [2.05, 4.69) is 53.5 Å². The molecule has 3 rings (SSSR count). The number of aromatic nitrogens is 2. The molecule has 0 saturated heterocycles. The maximum atomic E-state index is 12.5. The minimum atomic E-state index is -0.117. The SMILES string of the molecule is Cc1cc(C(=O)NC2CCCC2)nc(Nc2ccc(C(C)(C)C)cc2)n1. The van der Waals surface area contributed by atoms with Crippen molar-refractivity contribution in [2.24, 2.45) is 0 Å². The van der Waals surface area contributed by atoms with Crippen molar-refractivity contribution in [3.63, 3.8) is 0 Å². The van der Waals surface area contributed by atoms with E-state index in [1.165, 1.54) is 18.4 Å². The van der Waals surface area contributed by atoms with Crippen molar-refractivity contribution in [2.45, 2.75) is 64.8 Å². The molecule has 0 aliphatic heterocycles. The van der Waals surface area contributed by atoms with Crippen molar-refractivity contribution in [3.05, 3.63) is 47.3 Å². The molecule has 0 atom stereocenters. The topological polar surface area (TPSA) is 66.9 Å². The number of nitrogens with zero attached hydrogens (tertiary/aromatic N) is 2. The fourth-order valence-electron chi connectivity index (χ4n) is 3.25. The zero-order valence-electron chi connectivity index (χ0n) is 16.1. The molecule has 1 aromatic heterocycles. The lowest BCUT2D eigenvalue weighted by Crippen LogP contribution is -2.33. The van der Waals surface area contributed by atoms with Crippen molar-refractivity contribution in [1.82, 2.24) is 15.3 Å². The highest BCUT2D eigenvalue weighted by atomic mass is 16.1. The first-order valence-electron chi connectivity index (χ1n) is 9.35. The van der Waals surface area contributed by atoms with Crippen molar-refractivity contribution in [1.29, 1.82) is 0 Å². The smallest absolute Gasteiger partial charge is 0.270 e. The predicted molar refractivity (Wildman–Crippen MR) is 105 cm³/mol. The third-order valence-electron chi connectivity index (χ3n) is 4.78. The highest BCUT2D eigenvalue weighted by molar-refractivity contribution is 5.92. The van der Waals surface area contributed by atoms with Gasteiger partial charge in [-0.3, -0.25) is 4.79 Å². The predicted octanol–water partition coefficient (Wildman–Crippen LogP) is 4.50. The van der Waals surface area contributed by atoms with Gasteiger partial charge in [0.1, 0.15) is 5.69 Å². The number of hydrogen-bond donors (Lipinski definition) is 2. The molecule has 2 N–H and O–H groups in total. The van der Waals surface area contributed by atoms with Gasteiger partial charge in [-0.2, -0.15) is 0 Å². The lowest BCUT2D eigenvalue weighted by atomic mass is 9.87. The van der Waals surface area contributed by atoms with Gasteiger partial charge >= 0.3 is 0 Å². The van der Waals surface area contributed by atoms with E-state index in [-0.39, 0.29) is 17.4 Å². The summed E-state index contributed by atoms with van der Waals surface area (Å²) in [5, 5.41) is 6.29. The van der Waals surface area contributed by atoms with Crippen LogP contribution in [0, 0.1) is 6.92 Å². The molecule has 1 heterocycles. The molecule has 0 spiro atoms. The standard InChI is InChI=1S/C21H28N4O/c1-14-13-18(19(26)23-16-7-5-6-8-16)25-20(22-14)24-17-11-9-15(10-12-17)21(2,3)4/h9-13,16H,5-8H2,1-4H3,(H,23,26)(H,22,24,25). The molecule has 5 heteroatoms. The first kappa shape index (κ1) is 18.4. The van der Waals surface area contributed by atoms with E-state index in [0.717, 1.165) is 24.2 Å². The normalized spacial score (nSPS) is 15.1. The zero-order valence-corrected chi connectivity index (χ0v) is 16.1. The average Bonchev–Trinajstić information content (AvgIpc) is 3.07. The van der Waals surface area contributed by atoms with Gasteiger partial charge in [0.25, 0.3) is 5.91 Å². The summed E-state index contributed by atoms with van der Waals surface area (Å²) in [4.78, 5) is 21.3. The molecule has 0 bridgehead atoms. The highest BCUT2D eigenvalue weighted by Crippen LogP contribution is 2.24. The summed E-state index contributed by atoms with van der Waals surface area (Å²) < 4.78 is 0. The largest absolute Gasteiger partial charge is 0.348 e. The van der Waals surface area contributed by atoms with Crippen LogP contribution in [-0.2, 0) is 5.41 Å². The second-order valence-corrected chi connectivity index (χ2v) is 8.13. The van der Waals surface area contributed by atoms with Gasteiger partial charge in [-0.05, 0) is 48.9 Å². The Balaban J connectivity index is 1.73. The maximum Gasteiger partial charge on any atom is 0.270 e. The van der Waals surface area contributed by atoms with Gasteiger partial charge in [0.2, 0.25) is 5.95 Å². The molecule has 26 heavy (non-hydrogen) atoms. The van der Waals surface area contributed by atoms with E-state index >= 15 is 0 Å². The first-order chi connectivity index (χ1) is 12.3. The minimum absolute atomic E-state index is 0.115. The Kier molecular flexibility index (Phi) is 5.25. The Hall–Kier alpha value is -2.43.